The molecular formula is C13H13NO4. The average Bonchev–Trinajstić information content (AvgIpc) is 2.31. The van der Waals surface area contributed by atoms with Crippen LogP contribution in [0.5, 0.6) is 0 Å². The van der Waals surface area contributed by atoms with E-state index in [1.165, 1.54) is 13.0 Å². The Kier molecular flexibility index (Phi) is 3.32. The summed E-state index contributed by atoms with van der Waals surface area (Å²) in [6.07, 6.45) is 0.528. The number of esters is 1. The maximum atomic E-state index is 11.1. The third kappa shape index (κ3) is 2.51. The summed E-state index contributed by atoms with van der Waals surface area (Å²) in [6.45, 7) is 1.64. The Labute approximate surface area is 103 Å². The molecule has 0 radical (unpaired) electrons. The van der Waals surface area contributed by atoms with Crippen LogP contribution in [0.2, 0.25) is 0 Å². The van der Waals surface area contributed by atoms with Crippen molar-refractivity contribution in [2.75, 3.05) is 12.3 Å². The molecule has 2 aromatic rings. The minimum atomic E-state index is -0.408. The highest BCUT2D eigenvalue weighted by Crippen LogP contribution is 2.24. The van der Waals surface area contributed by atoms with Gasteiger partial charge in [-0.2, -0.15) is 0 Å². The van der Waals surface area contributed by atoms with E-state index in [9.17, 15) is 9.59 Å². The highest BCUT2D eigenvalue weighted by molar-refractivity contribution is 5.90. The van der Waals surface area contributed by atoms with Gasteiger partial charge in [-0.1, -0.05) is 6.07 Å². The first-order valence-electron chi connectivity index (χ1n) is 5.52. The van der Waals surface area contributed by atoms with Crippen LogP contribution in [0.15, 0.2) is 33.5 Å². The van der Waals surface area contributed by atoms with Crippen LogP contribution in [0.3, 0.4) is 0 Å². The Balaban J connectivity index is 2.30. The number of ether oxygens (including phenoxy) is 1. The third-order valence-electron chi connectivity index (χ3n) is 2.61. The van der Waals surface area contributed by atoms with Gasteiger partial charge < -0.3 is 14.9 Å². The highest BCUT2D eigenvalue weighted by atomic mass is 16.5. The Morgan fingerprint density at radius 1 is 1.33 bits per heavy atom. The summed E-state index contributed by atoms with van der Waals surface area (Å²) < 4.78 is 9.88. The molecule has 1 aromatic heterocycles. The van der Waals surface area contributed by atoms with Crippen LogP contribution in [-0.4, -0.2) is 12.6 Å². The normalized spacial score (nSPS) is 10.5. The van der Waals surface area contributed by atoms with Crippen LogP contribution in [0.1, 0.15) is 12.5 Å². The highest BCUT2D eigenvalue weighted by Gasteiger charge is 2.07. The molecule has 0 aliphatic carbocycles. The maximum Gasteiger partial charge on any atom is 0.336 e. The van der Waals surface area contributed by atoms with Gasteiger partial charge >= 0.3 is 11.6 Å². The zero-order valence-electron chi connectivity index (χ0n) is 9.93. The number of hydrogen-bond acceptors (Lipinski definition) is 5. The molecule has 0 atom stereocenters. The lowest BCUT2D eigenvalue weighted by Crippen LogP contribution is -2.06. The summed E-state index contributed by atoms with van der Waals surface area (Å²) >= 11 is 0. The van der Waals surface area contributed by atoms with Gasteiger partial charge in [0, 0.05) is 30.5 Å². The van der Waals surface area contributed by atoms with Crippen molar-refractivity contribution in [2.24, 2.45) is 0 Å². The van der Waals surface area contributed by atoms with Gasteiger partial charge in [-0.3, -0.25) is 4.79 Å². The van der Waals surface area contributed by atoms with E-state index in [1.54, 1.807) is 18.2 Å². The largest absolute Gasteiger partial charge is 0.466 e. The van der Waals surface area contributed by atoms with Gasteiger partial charge in [-0.15, -0.1) is 0 Å². The molecule has 1 heterocycles. The van der Waals surface area contributed by atoms with Crippen molar-refractivity contribution in [1.82, 2.24) is 0 Å². The molecule has 0 fully saturated rings. The van der Waals surface area contributed by atoms with Crippen molar-refractivity contribution in [1.29, 1.82) is 0 Å². The van der Waals surface area contributed by atoms with E-state index in [0.29, 0.717) is 23.1 Å². The zero-order valence-corrected chi connectivity index (χ0v) is 9.93. The molecule has 0 saturated heterocycles. The molecule has 2 rings (SSSR count). The molecule has 0 aliphatic rings. The summed E-state index contributed by atoms with van der Waals surface area (Å²) in [6, 6.07) is 6.42. The molecule has 0 aliphatic heterocycles. The molecule has 0 bridgehead atoms. The van der Waals surface area contributed by atoms with Crippen LogP contribution in [0.4, 0.5) is 5.69 Å². The van der Waals surface area contributed by atoms with E-state index in [0.717, 1.165) is 5.56 Å². The van der Waals surface area contributed by atoms with Gasteiger partial charge in [0.05, 0.1) is 6.61 Å². The molecule has 0 saturated carbocycles. The molecular weight excluding hydrogens is 234 g/mol. The molecule has 0 spiro atoms. The van der Waals surface area contributed by atoms with Crippen molar-refractivity contribution in [2.45, 2.75) is 13.3 Å². The number of fused-ring (bicyclic) bond motifs is 1. The molecule has 5 nitrogen and oxygen atoms in total. The van der Waals surface area contributed by atoms with E-state index in [-0.39, 0.29) is 12.6 Å². The summed E-state index contributed by atoms with van der Waals surface area (Å²) in [7, 11) is 0. The second-order valence-electron chi connectivity index (χ2n) is 3.89. The Morgan fingerprint density at radius 2 is 2.11 bits per heavy atom. The number of nitrogen functional groups attached to an aromatic ring is 1. The average molecular weight is 247 g/mol. The van der Waals surface area contributed by atoms with Gasteiger partial charge in [0.15, 0.2) is 0 Å². The van der Waals surface area contributed by atoms with E-state index < -0.39 is 5.63 Å². The molecule has 0 amide bonds. The van der Waals surface area contributed by atoms with Gasteiger partial charge in [0.1, 0.15) is 5.58 Å². The van der Waals surface area contributed by atoms with Gasteiger partial charge in [-0.25, -0.2) is 4.79 Å². The minimum Gasteiger partial charge on any atom is -0.466 e. The number of rotatable bonds is 3. The number of nitrogens with two attached hydrogens (primary N) is 1. The van der Waals surface area contributed by atoms with E-state index >= 15 is 0 Å². The van der Waals surface area contributed by atoms with Crippen molar-refractivity contribution in [3.8, 4) is 0 Å². The predicted octanol–water partition coefficient (Wildman–Crippen LogP) is 1.48. The Morgan fingerprint density at radius 3 is 2.83 bits per heavy atom. The number of anilines is 1. The molecule has 94 valence electrons. The topological polar surface area (TPSA) is 82.5 Å². The van der Waals surface area contributed by atoms with Gasteiger partial charge in [0.2, 0.25) is 0 Å². The lowest BCUT2D eigenvalue weighted by atomic mass is 10.1. The van der Waals surface area contributed by atoms with Crippen LogP contribution >= 0.6 is 0 Å². The summed E-state index contributed by atoms with van der Waals surface area (Å²) in [5, 5.41) is 0.690. The fourth-order valence-corrected chi connectivity index (χ4v) is 1.74. The standard InChI is InChI=1S/C13H13NO4/c1-8(15)17-7-6-9-2-4-11-10(13(9)14)3-5-12(16)18-11/h2-5H,6-7,14H2,1H3. The monoisotopic (exact) mass is 247 g/mol. The van der Waals surface area contributed by atoms with Crippen LogP contribution in [0.25, 0.3) is 11.0 Å². The van der Waals surface area contributed by atoms with Gasteiger partial charge in [0.25, 0.3) is 0 Å². The first-order chi connectivity index (χ1) is 8.58. The Bertz CT molecular complexity index is 645. The Hall–Kier alpha value is -2.30. The second-order valence-corrected chi connectivity index (χ2v) is 3.89. The number of carbonyl (C=O) groups is 1. The summed E-state index contributed by atoms with van der Waals surface area (Å²) in [5.74, 6) is -0.319. The fraction of sp³-hybridized carbons (Fsp3) is 0.231. The van der Waals surface area contributed by atoms with Crippen molar-refractivity contribution < 1.29 is 13.9 Å². The van der Waals surface area contributed by atoms with Crippen molar-refractivity contribution in [3.63, 3.8) is 0 Å². The maximum absolute atomic E-state index is 11.1. The van der Waals surface area contributed by atoms with Crippen LogP contribution < -0.4 is 11.4 Å². The van der Waals surface area contributed by atoms with Crippen LogP contribution in [-0.2, 0) is 16.0 Å². The smallest absolute Gasteiger partial charge is 0.336 e. The van der Waals surface area contributed by atoms with Crippen molar-refractivity contribution >= 4 is 22.6 Å². The van der Waals surface area contributed by atoms with E-state index in [1.807, 2.05) is 0 Å². The molecule has 2 N–H and O–H groups in total. The summed E-state index contributed by atoms with van der Waals surface area (Å²) in [5.41, 5.74) is 7.43. The van der Waals surface area contributed by atoms with E-state index in [4.69, 9.17) is 14.9 Å². The SMILES string of the molecule is CC(=O)OCCc1ccc2oc(=O)ccc2c1N. The summed E-state index contributed by atoms with van der Waals surface area (Å²) in [4.78, 5) is 21.7. The first kappa shape index (κ1) is 12.2. The number of carbonyl (C=O) groups excluding carboxylic acids is 1. The fourth-order valence-electron chi connectivity index (χ4n) is 1.74. The van der Waals surface area contributed by atoms with Gasteiger partial charge in [-0.05, 0) is 17.7 Å². The molecule has 1 aromatic carbocycles. The molecule has 18 heavy (non-hydrogen) atoms. The molecule has 5 heteroatoms. The van der Waals surface area contributed by atoms with Crippen molar-refractivity contribution in [3.05, 3.63) is 40.2 Å². The zero-order chi connectivity index (χ0) is 13.1. The first-order valence-corrected chi connectivity index (χ1v) is 5.52. The minimum absolute atomic E-state index is 0.280. The lowest BCUT2D eigenvalue weighted by Gasteiger charge is -2.08. The number of hydrogen-bond donors (Lipinski definition) is 1. The third-order valence-corrected chi connectivity index (χ3v) is 2.61. The second kappa shape index (κ2) is 4.91. The van der Waals surface area contributed by atoms with Crippen LogP contribution in [0, 0.1) is 0 Å². The number of benzene rings is 1. The predicted molar refractivity (Wildman–Crippen MR) is 67.2 cm³/mol. The lowest BCUT2D eigenvalue weighted by molar-refractivity contribution is -0.140. The quantitative estimate of drug-likeness (QED) is 0.504. The van der Waals surface area contributed by atoms with E-state index in [2.05, 4.69) is 0 Å². The molecule has 0 unspecified atom stereocenters.